The van der Waals surface area contributed by atoms with E-state index >= 15 is 0 Å². The van der Waals surface area contributed by atoms with Gasteiger partial charge in [-0.15, -0.1) is 0 Å². The van der Waals surface area contributed by atoms with E-state index in [1.54, 1.807) is 19.2 Å². The zero-order valence-electron chi connectivity index (χ0n) is 13.0. The molecule has 0 spiro atoms. The first-order valence-corrected chi connectivity index (χ1v) is 8.54. The Morgan fingerprint density at radius 2 is 1.92 bits per heavy atom. The summed E-state index contributed by atoms with van der Waals surface area (Å²) in [4.78, 5) is 0. The average molecular weight is 409 g/mol. The molecule has 25 heavy (non-hydrogen) atoms. The molecule has 1 aromatic heterocycles. The number of nitrogens with zero attached hydrogens (tertiary/aromatic N) is 2. The van der Waals surface area contributed by atoms with E-state index in [9.17, 15) is 15.3 Å². The molecule has 1 aliphatic rings. The predicted molar refractivity (Wildman–Crippen MR) is 96.6 cm³/mol. The van der Waals surface area contributed by atoms with Crippen LogP contribution in [0.4, 0.5) is 0 Å². The number of halogens is 3. The second-order valence-electron chi connectivity index (χ2n) is 5.57. The fraction of sp³-hybridized carbons (Fsp3) is 0.400. The first-order valence-electron chi connectivity index (χ1n) is 7.41. The minimum atomic E-state index is -1.28. The second kappa shape index (κ2) is 7.28. The van der Waals surface area contributed by atoms with Crippen molar-refractivity contribution < 1.29 is 20.1 Å². The highest BCUT2D eigenvalue weighted by Gasteiger charge is 2.44. The number of aliphatic hydroxyl groups is 3. The summed E-state index contributed by atoms with van der Waals surface area (Å²) < 4.78 is 7.09. The Bertz CT molecular complexity index is 826. The maximum atomic E-state index is 10.3. The number of fused-ring (bicyclic) bond motifs is 1. The van der Waals surface area contributed by atoms with E-state index in [-0.39, 0.29) is 5.15 Å². The molecule has 0 aliphatic carbocycles. The molecular weight excluding hydrogens is 393 g/mol. The SMILES string of the molecule is CN/N=C/c1c(Cl)n([C@@H]2O[C@H](CO)C(O)C2O)c2cc(Cl)c(Cl)cc12. The van der Waals surface area contributed by atoms with Crippen LogP contribution in [0.3, 0.4) is 0 Å². The Kier molecular flexibility index (Phi) is 5.45. The predicted octanol–water partition coefficient (Wildman–Crippen LogP) is 1.77. The third-order valence-electron chi connectivity index (χ3n) is 4.12. The van der Waals surface area contributed by atoms with Gasteiger partial charge >= 0.3 is 0 Å². The van der Waals surface area contributed by atoms with Crippen LogP contribution in [0.5, 0.6) is 0 Å². The quantitative estimate of drug-likeness (QED) is 0.456. The van der Waals surface area contributed by atoms with Crippen molar-refractivity contribution in [3.05, 3.63) is 32.9 Å². The van der Waals surface area contributed by atoms with Gasteiger partial charge in [-0.25, -0.2) is 0 Å². The number of aliphatic hydroxyl groups excluding tert-OH is 3. The summed E-state index contributed by atoms with van der Waals surface area (Å²) in [5.74, 6) is 0. The molecule has 7 nitrogen and oxygen atoms in total. The summed E-state index contributed by atoms with van der Waals surface area (Å²) >= 11 is 18.7. The van der Waals surface area contributed by atoms with Crippen molar-refractivity contribution in [2.75, 3.05) is 13.7 Å². The van der Waals surface area contributed by atoms with E-state index in [1.165, 1.54) is 10.8 Å². The molecule has 3 rings (SSSR count). The molecule has 0 saturated carbocycles. The smallest absolute Gasteiger partial charge is 0.164 e. The van der Waals surface area contributed by atoms with E-state index in [2.05, 4.69) is 10.5 Å². The van der Waals surface area contributed by atoms with Crippen LogP contribution in [-0.2, 0) is 4.74 Å². The minimum absolute atomic E-state index is 0.224. The highest BCUT2D eigenvalue weighted by molar-refractivity contribution is 6.43. The van der Waals surface area contributed by atoms with Crippen molar-refractivity contribution in [2.45, 2.75) is 24.5 Å². The van der Waals surface area contributed by atoms with Gasteiger partial charge in [0.05, 0.1) is 28.4 Å². The van der Waals surface area contributed by atoms with Crippen LogP contribution in [0.25, 0.3) is 10.9 Å². The third kappa shape index (κ3) is 3.10. The van der Waals surface area contributed by atoms with E-state index in [4.69, 9.17) is 39.5 Å². The number of nitrogens with one attached hydrogen (secondary N) is 1. The molecule has 2 unspecified atom stereocenters. The van der Waals surface area contributed by atoms with Crippen molar-refractivity contribution in [3.63, 3.8) is 0 Å². The van der Waals surface area contributed by atoms with Gasteiger partial charge in [0.25, 0.3) is 0 Å². The zero-order valence-corrected chi connectivity index (χ0v) is 15.3. The Labute approximate surface area is 158 Å². The van der Waals surface area contributed by atoms with E-state index in [0.29, 0.717) is 26.5 Å². The molecule has 4 atom stereocenters. The fourth-order valence-electron chi connectivity index (χ4n) is 2.89. The van der Waals surface area contributed by atoms with Gasteiger partial charge in [0.15, 0.2) is 6.23 Å². The largest absolute Gasteiger partial charge is 0.394 e. The number of rotatable bonds is 4. The van der Waals surface area contributed by atoms with Crippen molar-refractivity contribution >= 4 is 51.9 Å². The maximum absolute atomic E-state index is 10.3. The van der Waals surface area contributed by atoms with E-state index in [0.717, 1.165) is 0 Å². The van der Waals surface area contributed by atoms with Crippen LogP contribution in [0.1, 0.15) is 11.8 Å². The Hall–Kier alpha value is -1.06. The van der Waals surface area contributed by atoms with Crippen LogP contribution in [-0.4, -0.2) is 58.1 Å². The Morgan fingerprint density at radius 1 is 1.24 bits per heavy atom. The van der Waals surface area contributed by atoms with Gasteiger partial charge in [-0.1, -0.05) is 34.8 Å². The summed E-state index contributed by atoms with van der Waals surface area (Å²) in [5, 5.41) is 35.1. The summed E-state index contributed by atoms with van der Waals surface area (Å²) in [5.41, 5.74) is 3.73. The lowest BCUT2D eigenvalue weighted by molar-refractivity contribution is -0.0505. The number of aromatic nitrogens is 1. The molecule has 1 fully saturated rings. The third-order valence-corrected chi connectivity index (χ3v) is 5.22. The molecule has 1 aromatic carbocycles. The molecule has 0 radical (unpaired) electrons. The van der Waals surface area contributed by atoms with Gasteiger partial charge in [0.1, 0.15) is 23.5 Å². The highest BCUT2D eigenvalue weighted by atomic mass is 35.5. The van der Waals surface area contributed by atoms with Crippen LogP contribution in [0.2, 0.25) is 15.2 Å². The highest BCUT2D eigenvalue weighted by Crippen LogP contribution is 2.40. The lowest BCUT2D eigenvalue weighted by Gasteiger charge is -2.19. The molecular formula is C15H16Cl3N3O4. The molecule has 4 N–H and O–H groups in total. The van der Waals surface area contributed by atoms with Gasteiger partial charge < -0.3 is 30.0 Å². The lowest BCUT2D eigenvalue weighted by Crippen LogP contribution is -2.33. The molecule has 2 heterocycles. The number of hydrazone groups is 1. The van der Waals surface area contributed by atoms with Gasteiger partial charge in [-0.3, -0.25) is 0 Å². The number of hydrogen-bond acceptors (Lipinski definition) is 6. The second-order valence-corrected chi connectivity index (χ2v) is 6.74. The summed E-state index contributed by atoms with van der Waals surface area (Å²) in [6.45, 7) is -0.438. The minimum Gasteiger partial charge on any atom is -0.394 e. The van der Waals surface area contributed by atoms with Crippen molar-refractivity contribution in [1.29, 1.82) is 0 Å². The molecule has 2 aromatic rings. The molecule has 10 heteroatoms. The molecule has 1 aliphatic heterocycles. The van der Waals surface area contributed by atoms with E-state index in [1.807, 2.05) is 0 Å². The van der Waals surface area contributed by atoms with Crippen LogP contribution >= 0.6 is 34.8 Å². The average Bonchev–Trinajstić information content (AvgIpc) is 3.01. The summed E-state index contributed by atoms with van der Waals surface area (Å²) in [6.07, 6.45) is -2.96. The first-order chi connectivity index (χ1) is 11.9. The van der Waals surface area contributed by atoms with Crippen LogP contribution in [0, 0.1) is 0 Å². The lowest BCUT2D eigenvalue weighted by atomic mass is 10.1. The first kappa shape index (κ1) is 18.7. The number of ether oxygens (including phenoxy) is 1. The summed E-state index contributed by atoms with van der Waals surface area (Å²) in [7, 11) is 1.64. The van der Waals surface area contributed by atoms with Gasteiger partial charge in [0, 0.05) is 18.0 Å². The zero-order chi connectivity index (χ0) is 18.3. The van der Waals surface area contributed by atoms with Crippen LogP contribution < -0.4 is 5.43 Å². The summed E-state index contributed by atoms with van der Waals surface area (Å²) in [6, 6.07) is 3.23. The standard InChI is InChI=1S/C15H16Cl3N3O4/c1-19-20-4-7-6-2-8(16)9(17)3-10(6)21(14(7)18)15-13(24)12(23)11(5-22)25-15/h2-4,11-13,15,19,22-24H,5H2,1H3/b20-4+/t11-,12?,13?,15-/m1/s1. The van der Waals surface area contributed by atoms with Crippen molar-refractivity contribution in [2.24, 2.45) is 5.10 Å². The monoisotopic (exact) mass is 407 g/mol. The van der Waals surface area contributed by atoms with Crippen LogP contribution in [0.15, 0.2) is 17.2 Å². The Balaban J connectivity index is 2.23. The number of hydrogen-bond donors (Lipinski definition) is 4. The molecule has 0 amide bonds. The Morgan fingerprint density at radius 3 is 2.52 bits per heavy atom. The molecule has 0 bridgehead atoms. The maximum Gasteiger partial charge on any atom is 0.164 e. The molecule has 136 valence electrons. The van der Waals surface area contributed by atoms with Gasteiger partial charge in [-0.2, -0.15) is 5.10 Å². The topological polar surface area (TPSA) is 99.2 Å². The van der Waals surface area contributed by atoms with Gasteiger partial charge in [0.2, 0.25) is 0 Å². The normalized spacial score (nSPS) is 26.8. The fourth-order valence-corrected chi connectivity index (χ4v) is 3.55. The van der Waals surface area contributed by atoms with E-state index < -0.39 is 31.1 Å². The van der Waals surface area contributed by atoms with Crippen molar-refractivity contribution in [1.82, 2.24) is 9.99 Å². The number of benzene rings is 1. The molecule has 1 saturated heterocycles. The van der Waals surface area contributed by atoms with Gasteiger partial charge in [-0.05, 0) is 12.1 Å². The van der Waals surface area contributed by atoms with Crippen molar-refractivity contribution in [3.8, 4) is 0 Å².